The fraction of sp³-hybridized carbons (Fsp3) is 0.0227. The molecule has 0 amide bonds. The Morgan fingerprint density at radius 1 is 0.172 bits per heavy atom. The topological polar surface area (TPSA) is 390 Å². The summed E-state index contributed by atoms with van der Waals surface area (Å²) in [5.41, 5.74) is -3.70. The van der Waals surface area contributed by atoms with Crippen LogP contribution in [-0.2, 0) is 14.3 Å². The van der Waals surface area contributed by atoms with Gasteiger partial charge >= 0.3 is 438 Å². The molecule has 0 fully saturated rings. The third kappa shape index (κ3) is 33.6. The monoisotopic (exact) mass is 1830 g/mol. The smallest absolute Gasteiger partial charge is 0.507 e. The molecule has 12 aromatic carbocycles. The Hall–Kier alpha value is -4.78. The van der Waals surface area contributed by atoms with E-state index < -0.39 is 108 Å². The molecule has 0 heterocycles. The molecule has 0 bridgehead atoms. The number of rotatable bonds is 26. The van der Waals surface area contributed by atoms with E-state index in [1.54, 1.807) is 0 Å². The maximum atomic E-state index is 14.1. The van der Waals surface area contributed by atoms with Crippen molar-refractivity contribution >= 4 is 83.6 Å². The molecule has 28 nitrogen and oxygen atoms in total. The molecule has 0 unspecified atom stereocenters. The molecule has 0 spiro atoms. The number of aromatic carboxylic acids is 1. The molecule has 0 aliphatic rings. The van der Waals surface area contributed by atoms with E-state index in [0.717, 1.165) is 6.07 Å². The molecule has 574 valence electrons. The van der Waals surface area contributed by atoms with Crippen molar-refractivity contribution in [3.05, 3.63) is 358 Å². The number of carbonyl (C=O) groups excluding carboxylic acids is 13. The summed E-state index contributed by atoms with van der Waals surface area (Å²) in [5, 5.41) is 19.7. The summed E-state index contributed by atoms with van der Waals surface area (Å²) in [7, 11) is 0. The number of carbonyl (C=O) groups is 14. The summed E-state index contributed by atoms with van der Waals surface area (Å²) in [6.45, 7) is 0. The molecule has 12 rings (SSSR count). The van der Waals surface area contributed by atoms with Crippen LogP contribution in [0.4, 0.5) is 0 Å². The Kier molecular flexibility index (Phi) is 59.0. The number of benzene rings is 12. The van der Waals surface area contributed by atoms with E-state index in [2.05, 4.69) is 0 Å². The van der Waals surface area contributed by atoms with Crippen molar-refractivity contribution in [3.63, 3.8) is 0 Å². The molecule has 0 atom stereocenters. The third-order valence-corrected chi connectivity index (χ3v) is 16.3. The van der Waals surface area contributed by atoms with Crippen LogP contribution < -0.4 is 407 Å². The molecule has 0 aliphatic carbocycles. The van der Waals surface area contributed by atoms with E-state index in [9.17, 15) is 77.3 Å². The van der Waals surface area contributed by atoms with Crippen molar-refractivity contribution < 1.29 is 489 Å². The van der Waals surface area contributed by atoms with Crippen molar-refractivity contribution in [2.45, 2.75) is 12.8 Å². The molecule has 0 saturated carbocycles. The minimum Gasteiger partial charge on any atom is -0.507 e. The first-order valence-corrected chi connectivity index (χ1v) is 34.3. The molecule has 0 aromatic heterocycles. The number of carboxylic acids is 1. The van der Waals surface area contributed by atoms with Gasteiger partial charge in [0.1, 0.15) is 136 Å². The first-order valence-electron chi connectivity index (χ1n) is 34.3. The summed E-state index contributed by atoms with van der Waals surface area (Å²) in [5.74, 6) is -20.1. The van der Waals surface area contributed by atoms with Crippen molar-refractivity contribution in [2.75, 3.05) is 0 Å². The van der Waals surface area contributed by atoms with Crippen LogP contribution in [-0.4, -0.2) is 93.8 Å². The molecule has 128 heavy (non-hydrogen) atoms. The summed E-state index contributed by atoms with van der Waals surface area (Å²) < 4.78 is 66.3. The van der Waals surface area contributed by atoms with E-state index in [0.29, 0.717) is 0 Å². The molecule has 0 aliphatic heterocycles. The molecule has 0 radical (unpaired) electrons. The van der Waals surface area contributed by atoms with Crippen LogP contribution in [0.1, 0.15) is 137 Å². The number of ether oxygens (including phenoxy) is 12. The fourth-order valence-corrected chi connectivity index (χ4v) is 10.8. The van der Waals surface area contributed by atoms with E-state index in [-0.39, 0.29) is 479 Å². The average Bonchev–Trinajstić information content (AvgIpc) is 0.815. The number of hydrogen-bond acceptors (Lipinski definition) is 27. The Balaban J connectivity index is 0.0000134. The zero-order valence-electron chi connectivity index (χ0n) is 71.6. The maximum Gasteiger partial charge on any atom is 1.00 e. The van der Waals surface area contributed by atoms with Crippen molar-refractivity contribution in [1.82, 2.24) is 0 Å². The Labute approximate surface area is 995 Å². The van der Waals surface area contributed by atoms with Gasteiger partial charge in [-0.05, 0) is 146 Å². The molecule has 2 N–H and O–H groups in total. The second-order valence-electron chi connectivity index (χ2n) is 23.9. The third-order valence-electron chi connectivity index (χ3n) is 16.3. The van der Waals surface area contributed by atoms with Gasteiger partial charge in [0.2, 0.25) is 0 Å². The van der Waals surface area contributed by atoms with Gasteiger partial charge < -0.3 is 67.1 Å². The summed E-state index contributed by atoms with van der Waals surface area (Å²) in [4.78, 5) is 189. The van der Waals surface area contributed by atoms with E-state index in [1.807, 2.05) is 0 Å². The predicted octanol–water partition coefficient (Wildman–Crippen LogP) is -21.6. The van der Waals surface area contributed by atoms with Crippen LogP contribution in [0.15, 0.2) is 291 Å². The summed E-state index contributed by atoms with van der Waals surface area (Å²) in [6, 6.07) is 64.6. The van der Waals surface area contributed by atoms with Crippen LogP contribution in [0.5, 0.6) is 69.0 Å². The molecule has 40 heteroatoms. The summed E-state index contributed by atoms with van der Waals surface area (Å²) >= 11 is 0. The molecule has 0 saturated heterocycles. The minimum atomic E-state index is -1.36. The van der Waals surface area contributed by atoms with E-state index >= 15 is 0 Å². The first-order chi connectivity index (χ1) is 56.2. The Morgan fingerprint density at radius 2 is 0.312 bits per heavy atom. The number of carboxylic acid groups (broad SMARTS) is 1. The van der Waals surface area contributed by atoms with Gasteiger partial charge in [0, 0.05) is 0 Å². The quantitative estimate of drug-likeness (QED) is 0.0220. The average molecular weight is 1840 g/mol. The van der Waals surface area contributed by atoms with Crippen LogP contribution in [0, 0.1) is 0 Å². The number of hydrogen-bond donors (Lipinski definition) is 2. The van der Waals surface area contributed by atoms with Gasteiger partial charge in [-0.15, -0.1) is 0 Å². The van der Waals surface area contributed by atoms with E-state index in [4.69, 9.17) is 56.8 Å². The van der Waals surface area contributed by atoms with Crippen LogP contribution in [0.3, 0.4) is 0 Å². The number of esters is 13. The van der Waals surface area contributed by atoms with Gasteiger partial charge in [-0.25, -0.2) is 57.5 Å². The molecular formula is C88H54Na12O28+12. The maximum absolute atomic E-state index is 14.1. The standard InChI is InChI=1S/C88H54O28.12Na/c89-63-37-13-1-25-51(63)78(94)107-66-40-16-4-28-54(66)81(97)110-69-43-19-7-31-57(69)83(99)111-70-44-20-8-32-58(70)84(100)112-71-45-21-9-33-59(71)85(101)113-72-46-22-10-34-60(72)86(102)114-73-47-23-11-35-61(73)87(103)115-74-48-24-12-36-62(74)88(104)116-76(91)50-49-75(90)105-65-39-15-3-27-53(65)79(95)108-68-42-18-6-30-56(68)82(98)109-67-41-17-5-29-55(67)80(96)106-64-38-14-2-26-52(64)77(92)93;;;;;;;;;;;;/h1-48,89H,49-50H2,(H,92,93);;;;;;;;;;;;/q;12*+1. The van der Waals surface area contributed by atoms with Crippen LogP contribution >= 0.6 is 0 Å². The van der Waals surface area contributed by atoms with Crippen molar-refractivity contribution in [2.24, 2.45) is 0 Å². The Morgan fingerprint density at radius 3 is 0.508 bits per heavy atom. The normalized spacial score (nSPS) is 9.53. The molecular weight excluding hydrogens is 1780 g/mol. The number of phenols is 1. The van der Waals surface area contributed by atoms with Crippen LogP contribution in [0.2, 0.25) is 0 Å². The SMILES string of the molecule is O=C(CCC(=O)Oc1ccccc1C(=O)Oc1ccccc1C(=O)Oc1ccccc1C(=O)Oc1ccccc1C(=O)O)OC(=O)c1ccccc1OC(=O)c1ccccc1OC(=O)c1ccccc1OC(=O)c1ccccc1OC(=O)c1ccccc1OC(=O)c1ccccc1OC(=O)c1ccccc1OC(=O)c1ccccc1O.[Na+].[Na+].[Na+].[Na+].[Na+].[Na+].[Na+].[Na+].[Na+].[Na+].[Na+].[Na+]. The van der Waals surface area contributed by atoms with E-state index in [1.165, 1.54) is 285 Å². The van der Waals surface area contributed by atoms with Gasteiger partial charge in [-0.3, -0.25) is 9.59 Å². The molecule has 12 aromatic rings. The van der Waals surface area contributed by atoms with Gasteiger partial charge in [0.05, 0.1) is 12.8 Å². The first kappa shape index (κ1) is 123. The minimum absolute atomic E-state index is 0. The fourth-order valence-electron chi connectivity index (χ4n) is 10.8. The van der Waals surface area contributed by atoms with Gasteiger partial charge in [0.25, 0.3) is 0 Å². The second kappa shape index (κ2) is 61.3. The van der Waals surface area contributed by atoms with Gasteiger partial charge in [0.15, 0.2) is 0 Å². The number of aromatic hydroxyl groups is 1. The Bertz CT molecular complexity index is 5990. The van der Waals surface area contributed by atoms with Gasteiger partial charge in [-0.2, -0.15) is 0 Å². The number of phenolic OH excluding ortho intramolecular Hbond substituents is 1. The second-order valence-corrected chi connectivity index (χ2v) is 23.9. The van der Waals surface area contributed by atoms with Gasteiger partial charge in [-0.1, -0.05) is 146 Å². The summed E-state index contributed by atoms with van der Waals surface area (Å²) in [6.07, 6.45) is -1.47. The number of para-hydroxylation sites is 12. The largest absolute Gasteiger partial charge is 1.00 e. The zero-order chi connectivity index (χ0) is 81.8. The zero-order valence-corrected chi connectivity index (χ0v) is 95.6. The van der Waals surface area contributed by atoms with Crippen LogP contribution in [0.25, 0.3) is 0 Å². The van der Waals surface area contributed by atoms with Crippen molar-refractivity contribution in [1.29, 1.82) is 0 Å². The van der Waals surface area contributed by atoms with Crippen molar-refractivity contribution in [3.8, 4) is 69.0 Å². The predicted molar refractivity (Wildman–Crippen MR) is 401 cm³/mol.